The van der Waals surface area contributed by atoms with Gasteiger partial charge in [-0.3, -0.25) is 14.4 Å². The summed E-state index contributed by atoms with van der Waals surface area (Å²) in [4.78, 5) is 67.0. The van der Waals surface area contributed by atoms with Crippen LogP contribution in [0.5, 0.6) is 0 Å². The topological polar surface area (TPSA) is 200 Å². The van der Waals surface area contributed by atoms with E-state index >= 15 is 0 Å². The van der Waals surface area contributed by atoms with E-state index in [1.165, 1.54) is 5.57 Å². The fourth-order valence-corrected chi connectivity index (χ4v) is 5.95. The van der Waals surface area contributed by atoms with Crippen LogP contribution in [0.15, 0.2) is 42.0 Å². The molecule has 0 radical (unpaired) electrons. The number of carbonyl (C=O) groups excluding carboxylic acids is 4. The van der Waals surface area contributed by atoms with Crippen molar-refractivity contribution in [2.24, 2.45) is 0 Å². The van der Waals surface area contributed by atoms with Crippen molar-refractivity contribution in [2.75, 3.05) is 33.0 Å². The number of carboxylic acid groups (broad SMARTS) is 1. The standard InChI is InChI=1S/C43H66N4O11/c1-40(2,3)55-22-31(35(48)44-32(23-56-41(4,5)6)36(49)46-34(38(51)52)25-58-43(10,11)12)45-37(50)33(24-57-42(7,8)9)47-39(53)54-21-30-28-19-15-13-17-26(28)27-18-14-16-20-29(27)30/h13-15,17-19,30-34H,16,20-25H2,1-12H3,(H,44,48)(H,45,50)(H,46,49)(H,47,53)(H,51,52). The molecule has 0 fully saturated rings. The molecule has 58 heavy (non-hydrogen) atoms. The summed E-state index contributed by atoms with van der Waals surface area (Å²) in [6.07, 6.45) is 5.14. The lowest BCUT2D eigenvalue weighted by atomic mass is 9.91. The highest BCUT2D eigenvalue weighted by Crippen LogP contribution is 2.46. The average Bonchev–Trinajstić information content (AvgIpc) is 3.42. The SMILES string of the molecule is CC(C)(C)OCC(NC(=O)C(COC(C)(C)C)NC(=O)C(COC(C)(C)C)NC(=O)C(COC(C)(C)C)NC(=O)OCC1C2=C(C=CCC2)c2ccccc21)C(=O)O. The zero-order valence-electron chi connectivity index (χ0n) is 36.3. The van der Waals surface area contributed by atoms with Crippen LogP contribution < -0.4 is 21.3 Å². The molecule has 2 aliphatic rings. The largest absolute Gasteiger partial charge is 0.480 e. The van der Waals surface area contributed by atoms with Crippen molar-refractivity contribution in [3.63, 3.8) is 0 Å². The lowest BCUT2D eigenvalue weighted by Gasteiger charge is -2.30. The quantitative estimate of drug-likeness (QED) is 0.137. The van der Waals surface area contributed by atoms with Crippen LogP contribution in [0.1, 0.15) is 113 Å². The van der Waals surface area contributed by atoms with E-state index in [4.69, 9.17) is 23.7 Å². The number of allylic oxidation sites excluding steroid dienone is 3. The lowest BCUT2D eigenvalue weighted by Crippen LogP contribution is -2.61. The molecule has 1 aromatic carbocycles. The molecule has 0 aromatic heterocycles. The summed E-state index contributed by atoms with van der Waals surface area (Å²) in [5.74, 6) is -3.91. The predicted molar refractivity (Wildman–Crippen MR) is 219 cm³/mol. The van der Waals surface area contributed by atoms with Crippen LogP contribution >= 0.6 is 0 Å². The summed E-state index contributed by atoms with van der Waals surface area (Å²) in [6, 6.07) is 2.51. The molecule has 5 atom stereocenters. The molecule has 324 valence electrons. The van der Waals surface area contributed by atoms with Crippen LogP contribution in [-0.2, 0) is 42.9 Å². The van der Waals surface area contributed by atoms with Gasteiger partial charge in [-0.15, -0.1) is 0 Å². The third kappa shape index (κ3) is 16.1. The highest BCUT2D eigenvalue weighted by molar-refractivity contribution is 5.95. The number of rotatable bonds is 18. The summed E-state index contributed by atoms with van der Waals surface area (Å²) in [5.41, 5.74) is 1.68. The van der Waals surface area contributed by atoms with Crippen molar-refractivity contribution in [3.05, 3.63) is 53.1 Å². The molecule has 15 heteroatoms. The molecule has 15 nitrogen and oxygen atoms in total. The van der Waals surface area contributed by atoms with E-state index < -0.39 is 76.4 Å². The summed E-state index contributed by atoms with van der Waals surface area (Å²) in [6.45, 7) is 20.0. The van der Waals surface area contributed by atoms with Gasteiger partial charge in [0.1, 0.15) is 24.7 Å². The number of amides is 4. The molecule has 0 saturated heterocycles. The smallest absolute Gasteiger partial charge is 0.407 e. The molecule has 0 aliphatic heterocycles. The molecule has 0 heterocycles. The summed E-state index contributed by atoms with van der Waals surface area (Å²) in [7, 11) is 0. The Hall–Kier alpha value is -4.31. The van der Waals surface area contributed by atoms with Gasteiger partial charge in [0.15, 0.2) is 6.04 Å². The molecule has 1 aromatic rings. The van der Waals surface area contributed by atoms with E-state index in [1.807, 2.05) is 18.2 Å². The van der Waals surface area contributed by atoms with Crippen molar-refractivity contribution < 1.29 is 52.8 Å². The number of alkyl carbamates (subject to hydrolysis) is 1. The Morgan fingerprint density at radius 1 is 0.638 bits per heavy atom. The normalized spacial score (nSPS) is 17.6. The van der Waals surface area contributed by atoms with Gasteiger partial charge in [-0.2, -0.15) is 0 Å². The monoisotopic (exact) mass is 814 g/mol. The minimum absolute atomic E-state index is 0.0552. The number of hydrogen-bond acceptors (Lipinski definition) is 10. The third-order valence-electron chi connectivity index (χ3n) is 8.86. The third-order valence-corrected chi connectivity index (χ3v) is 8.86. The summed E-state index contributed by atoms with van der Waals surface area (Å²) >= 11 is 0. The van der Waals surface area contributed by atoms with E-state index in [1.54, 1.807) is 83.1 Å². The van der Waals surface area contributed by atoms with Gasteiger partial charge in [0.05, 0.1) is 48.8 Å². The van der Waals surface area contributed by atoms with Crippen LogP contribution in [0.25, 0.3) is 5.57 Å². The highest BCUT2D eigenvalue weighted by Gasteiger charge is 2.36. The van der Waals surface area contributed by atoms with E-state index in [0.29, 0.717) is 0 Å². The second kappa shape index (κ2) is 20.1. The van der Waals surface area contributed by atoms with E-state index in [-0.39, 0.29) is 39.0 Å². The Kier molecular flexibility index (Phi) is 16.7. The Labute approximate surface area is 343 Å². The van der Waals surface area contributed by atoms with Crippen LogP contribution in [0.2, 0.25) is 0 Å². The summed E-state index contributed by atoms with van der Waals surface area (Å²) < 4.78 is 29.0. The minimum atomic E-state index is -1.43. The first-order valence-corrected chi connectivity index (χ1v) is 19.8. The molecular formula is C43H66N4O11. The second-order valence-corrected chi connectivity index (χ2v) is 18.5. The average molecular weight is 815 g/mol. The predicted octanol–water partition coefficient (Wildman–Crippen LogP) is 4.78. The molecule has 0 saturated carbocycles. The molecule has 3 rings (SSSR count). The number of carbonyl (C=O) groups is 5. The Bertz CT molecular complexity index is 1680. The first kappa shape index (κ1) is 48.1. The van der Waals surface area contributed by atoms with Gasteiger partial charge in [0, 0.05) is 5.92 Å². The van der Waals surface area contributed by atoms with E-state index in [0.717, 1.165) is 29.5 Å². The number of fused-ring (bicyclic) bond motifs is 2. The number of benzene rings is 1. The number of carboxylic acids is 1. The zero-order chi connectivity index (χ0) is 43.6. The van der Waals surface area contributed by atoms with Crippen molar-refractivity contribution in [1.29, 1.82) is 0 Å². The van der Waals surface area contributed by atoms with Crippen LogP contribution in [0, 0.1) is 0 Å². The molecule has 5 N–H and O–H groups in total. The fraction of sp³-hybridized carbons (Fsp3) is 0.651. The van der Waals surface area contributed by atoms with Gasteiger partial charge in [0.2, 0.25) is 17.7 Å². The van der Waals surface area contributed by atoms with Crippen LogP contribution in [0.3, 0.4) is 0 Å². The van der Waals surface area contributed by atoms with Gasteiger partial charge >= 0.3 is 12.1 Å². The van der Waals surface area contributed by atoms with Gasteiger partial charge in [-0.1, -0.05) is 42.0 Å². The number of hydrogen-bond donors (Lipinski definition) is 5. The summed E-state index contributed by atoms with van der Waals surface area (Å²) in [5, 5.41) is 20.2. The van der Waals surface area contributed by atoms with Gasteiger partial charge in [-0.25, -0.2) is 9.59 Å². The molecule has 2 aliphatic carbocycles. The number of nitrogens with one attached hydrogen (secondary N) is 4. The first-order valence-electron chi connectivity index (χ1n) is 19.8. The minimum Gasteiger partial charge on any atom is -0.480 e. The maximum Gasteiger partial charge on any atom is 0.407 e. The van der Waals surface area contributed by atoms with Crippen molar-refractivity contribution in [2.45, 2.75) is 148 Å². The lowest BCUT2D eigenvalue weighted by molar-refractivity contribution is -0.146. The fourth-order valence-electron chi connectivity index (χ4n) is 5.95. The van der Waals surface area contributed by atoms with Crippen molar-refractivity contribution in [3.8, 4) is 0 Å². The van der Waals surface area contributed by atoms with Crippen LogP contribution in [-0.4, -0.2) is 114 Å². The molecule has 4 amide bonds. The van der Waals surface area contributed by atoms with Crippen molar-refractivity contribution >= 4 is 35.4 Å². The van der Waals surface area contributed by atoms with Crippen LogP contribution in [0.4, 0.5) is 4.79 Å². The van der Waals surface area contributed by atoms with Gasteiger partial charge in [0.25, 0.3) is 0 Å². The first-order chi connectivity index (χ1) is 26.7. The molecule has 0 bridgehead atoms. The Balaban J connectivity index is 1.82. The van der Waals surface area contributed by atoms with E-state index in [9.17, 15) is 29.1 Å². The maximum absolute atomic E-state index is 14.0. The number of ether oxygens (including phenoxy) is 5. The second-order valence-electron chi connectivity index (χ2n) is 18.5. The molecule has 0 spiro atoms. The molecular weight excluding hydrogens is 748 g/mol. The highest BCUT2D eigenvalue weighted by atomic mass is 16.6. The van der Waals surface area contributed by atoms with Crippen molar-refractivity contribution in [1.82, 2.24) is 21.3 Å². The Morgan fingerprint density at radius 3 is 1.50 bits per heavy atom. The Morgan fingerprint density at radius 2 is 1.05 bits per heavy atom. The van der Waals surface area contributed by atoms with Gasteiger partial charge in [-0.05, 0) is 113 Å². The van der Waals surface area contributed by atoms with E-state index in [2.05, 4.69) is 39.5 Å². The molecule has 5 unspecified atom stereocenters. The number of aliphatic carboxylic acids is 1. The maximum atomic E-state index is 14.0. The van der Waals surface area contributed by atoms with Gasteiger partial charge < -0.3 is 50.1 Å². The zero-order valence-corrected chi connectivity index (χ0v) is 36.3.